The number of halogens is 3. The fourth-order valence-electron chi connectivity index (χ4n) is 1.55. The van der Waals surface area contributed by atoms with Crippen molar-refractivity contribution in [3.05, 3.63) is 29.8 Å². The van der Waals surface area contributed by atoms with Crippen LogP contribution in [0.2, 0.25) is 0 Å². The van der Waals surface area contributed by atoms with Gasteiger partial charge in [-0.3, -0.25) is 14.6 Å². The summed E-state index contributed by atoms with van der Waals surface area (Å²) in [4.78, 5) is 24.7. The molecule has 0 spiro atoms. The molecular weight excluding hydrogens is 343 g/mol. The van der Waals surface area contributed by atoms with Gasteiger partial charge in [0.1, 0.15) is 0 Å². The van der Waals surface area contributed by atoms with E-state index >= 15 is 0 Å². The summed E-state index contributed by atoms with van der Waals surface area (Å²) in [5, 5.41) is 3.31. The molecule has 0 bridgehead atoms. The third kappa shape index (κ3) is 5.14. The molecule has 11 heteroatoms. The predicted octanol–water partition coefficient (Wildman–Crippen LogP) is 2.48. The molecule has 0 unspecified atom stereocenters. The first-order valence-corrected chi connectivity index (χ1v) is 7.05. The van der Waals surface area contributed by atoms with E-state index < -0.39 is 23.4 Å². The molecular formula is C14H16F3N5O3. The van der Waals surface area contributed by atoms with Crippen molar-refractivity contribution in [3.63, 3.8) is 0 Å². The molecule has 0 aliphatic carbocycles. The lowest BCUT2D eigenvalue weighted by Gasteiger charge is -2.18. The SMILES string of the molecule is Cn1nc(C(F)(F)F)cc1Oc1cncc(C(=O)NOC(C)(C)C)n1. The van der Waals surface area contributed by atoms with Gasteiger partial charge in [0.25, 0.3) is 5.91 Å². The number of aromatic nitrogens is 4. The molecule has 0 radical (unpaired) electrons. The van der Waals surface area contributed by atoms with Gasteiger partial charge in [0.15, 0.2) is 11.4 Å². The van der Waals surface area contributed by atoms with Crippen LogP contribution in [0.5, 0.6) is 11.8 Å². The molecule has 136 valence electrons. The number of carbonyl (C=O) groups excluding carboxylic acids is 1. The number of nitrogens with zero attached hydrogens (tertiary/aromatic N) is 4. The fourth-order valence-corrected chi connectivity index (χ4v) is 1.55. The van der Waals surface area contributed by atoms with Crippen molar-refractivity contribution in [1.29, 1.82) is 0 Å². The van der Waals surface area contributed by atoms with Crippen molar-refractivity contribution in [2.24, 2.45) is 7.05 Å². The second kappa shape index (κ2) is 6.67. The van der Waals surface area contributed by atoms with Gasteiger partial charge in [-0.05, 0) is 20.8 Å². The Balaban J connectivity index is 2.14. The van der Waals surface area contributed by atoms with Gasteiger partial charge >= 0.3 is 6.18 Å². The average molecular weight is 359 g/mol. The number of carbonyl (C=O) groups is 1. The predicted molar refractivity (Wildman–Crippen MR) is 78.6 cm³/mol. The highest BCUT2D eigenvalue weighted by Crippen LogP contribution is 2.31. The number of aryl methyl sites for hydroxylation is 1. The van der Waals surface area contributed by atoms with Gasteiger partial charge < -0.3 is 4.74 Å². The topological polar surface area (TPSA) is 91.2 Å². The molecule has 2 heterocycles. The zero-order valence-electron chi connectivity index (χ0n) is 13.9. The number of hydrogen-bond acceptors (Lipinski definition) is 6. The van der Waals surface area contributed by atoms with Crippen molar-refractivity contribution >= 4 is 5.91 Å². The van der Waals surface area contributed by atoms with Gasteiger partial charge in [-0.25, -0.2) is 15.1 Å². The highest BCUT2D eigenvalue weighted by Gasteiger charge is 2.35. The van der Waals surface area contributed by atoms with Gasteiger partial charge in [-0.15, -0.1) is 0 Å². The fraction of sp³-hybridized carbons (Fsp3) is 0.429. The van der Waals surface area contributed by atoms with Gasteiger partial charge in [0, 0.05) is 13.1 Å². The third-order valence-electron chi connectivity index (χ3n) is 2.63. The van der Waals surface area contributed by atoms with E-state index in [9.17, 15) is 18.0 Å². The largest absolute Gasteiger partial charge is 0.435 e. The summed E-state index contributed by atoms with van der Waals surface area (Å²) in [6.07, 6.45) is -2.28. The van der Waals surface area contributed by atoms with E-state index in [1.807, 2.05) is 0 Å². The van der Waals surface area contributed by atoms with Gasteiger partial charge in [0.2, 0.25) is 11.8 Å². The molecule has 0 atom stereocenters. The van der Waals surface area contributed by atoms with Crippen LogP contribution in [0.25, 0.3) is 0 Å². The van der Waals surface area contributed by atoms with Crippen molar-refractivity contribution in [2.75, 3.05) is 0 Å². The van der Waals surface area contributed by atoms with Crippen LogP contribution >= 0.6 is 0 Å². The number of hydroxylamine groups is 1. The Bertz CT molecular complexity index is 768. The van der Waals surface area contributed by atoms with Crippen molar-refractivity contribution < 1.29 is 27.5 Å². The van der Waals surface area contributed by atoms with Crippen LogP contribution in [-0.2, 0) is 18.1 Å². The van der Waals surface area contributed by atoms with E-state index in [1.165, 1.54) is 13.2 Å². The summed E-state index contributed by atoms with van der Waals surface area (Å²) >= 11 is 0. The maximum absolute atomic E-state index is 12.6. The van der Waals surface area contributed by atoms with Crippen LogP contribution in [0.3, 0.4) is 0 Å². The Kier molecular flexibility index (Phi) is 4.97. The van der Waals surface area contributed by atoms with Crippen molar-refractivity contribution in [1.82, 2.24) is 25.2 Å². The summed E-state index contributed by atoms with van der Waals surface area (Å²) in [7, 11) is 1.28. The number of hydrogen-bond donors (Lipinski definition) is 1. The van der Waals surface area contributed by atoms with Crippen LogP contribution in [0.4, 0.5) is 13.2 Å². The van der Waals surface area contributed by atoms with Gasteiger partial charge in [0.05, 0.1) is 18.0 Å². The second-order valence-corrected chi connectivity index (χ2v) is 5.98. The molecule has 25 heavy (non-hydrogen) atoms. The Morgan fingerprint density at radius 1 is 1.24 bits per heavy atom. The minimum Gasteiger partial charge on any atom is -0.419 e. The molecule has 0 aliphatic heterocycles. The monoisotopic (exact) mass is 359 g/mol. The van der Waals surface area contributed by atoms with Crippen molar-refractivity contribution in [2.45, 2.75) is 32.5 Å². The van der Waals surface area contributed by atoms with Gasteiger partial charge in [-0.1, -0.05) is 0 Å². The molecule has 2 aromatic heterocycles. The summed E-state index contributed by atoms with van der Waals surface area (Å²) in [6.45, 7) is 5.21. The highest BCUT2D eigenvalue weighted by atomic mass is 19.4. The molecule has 1 N–H and O–H groups in total. The van der Waals surface area contributed by atoms with Crippen LogP contribution in [-0.4, -0.2) is 31.3 Å². The number of rotatable bonds is 4. The molecule has 2 rings (SSSR count). The summed E-state index contributed by atoms with van der Waals surface area (Å²) in [5.74, 6) is -1.04. The Morgan fingerprint density at radius 2 is 1.92 bits per heavy atom. The lowest BCUT2D eigenvalue weighted by atomic mass is 10.2. The number of nitrogens with one attached hydrogen (secondary N) is 1. The zero-order valence-corrected chi connectivity index (χ0v) is 13.9. The van der Waals surface area contributed by atoms with Crippen LogP contribution in [0.15, 0.2) is 18.5 Å². The smallest absolute Gasteiger partial charge is 0.419 e. The normalized spacial score (nSPS) is 12.1. The van der Waals surface area contributed by atoms with E-state index in [4.69, 9.17) is 9.57 Å². The van der Waals surface area contributed by atoms with Crippen molar-refractivity contribution in [3.8, 4) is 11.8 Å². The van der Waals surface area contributed by atoms with E-state index in [0.717, 1.165) is 16.9 Å². The molecule has 2 aromatic rings. The molecule has 0 saturated heterocycles. The Hall–Kier alpha value is -2.69. The Labute approximate surface area is 140 Å². The van der Waals surface area contributed by atoms with E-state index in [1.54, 1.807) is 20.8 Å². The summed E-state index contributed by atoms with van der Waals surface area (Å²) < 4.78 is 44.1. The highest BCUT2D eigenvalue weighted by molar-refractivity contribution is 5.91. The molecule has 1 amide bonds. The number of alkyl halides is 3. The third-order valence-corrected chi connectivity index (χ3v) is 2.63. The van der Waals surface area contributed by atoms with Crippen LogP contribution in [0, 0.1) is 0 Å². The second-order valence-electron chi connectivity index (χ2n) is 5.98. The van der Waals surface area contributed by atoms with E-state index in [2.05, 4.69) is 20.5 Å². The lowest BCUT2D eigenvalue weighted by Crippen LogP contribution is -2.34. The number of ether oxygens (including phenoxy) is 1. The first-order valence-electron chi connectivity index (χ1n) is 7.05. The average Bonchev–Trinajstić information content (AvgIpc) is 2.85. The first kappa shape index (κ1) is 18.6. The molecule has 0 aliphatic rings. The van der Waals surface area contributed by atoms with Gasteiger partial charge in [-0.2, -0.15) is 18.3 Å². The van der Waals surface area contributed by atoms with Crippen LogP contribution < -0.4 is 10.2 Å². The molecule has 0 fully saturated rings. The maximum Gasteiger partial charge on any atom is 0.435 e. The zero-order chi connectivity index (χ0) is 18.8. The molecule has 8 nitrogen and oxygen atoms in total. The minimum absolute atomic E-state index is 0.125. The first-order chi connectivity index (χ1) is 11.5. The van der Waals surface area contributed by atoms with Crippen LogP contribution in [0.1, 0.15) is 37.0 Å². The maximum atomic E-state index is 12.6. The summed E-state index contributed by atoms with van der Waals surface area (Å²) in [6, 6.07) is 0.719. The van der Waals surface area contributed by atoms with E-state index in [0.29, 0.717) is 0 Å². The Morgan fingerprint density at radius 3 is 2.48 bits per heavy atom. The molecule has 0 aromatic carbocycles. The number of amides is 1. The standard InChI is InChI=1S/C14H16F3N5O3/c1-13(2,3)25-21-12(23)8-6-18-7-10(19-8)24-11-5-9(14(15,16)17)20-22(11)4/h5-7H,1-4H3,(H,21,23). The quantitative estimate of drug-likeness (QED) is 0.844. The summed E-state index contributed by atoms with van der Waals surface area (Å²) in [5.41, 5.74) is 0.360. The molecule has 0 saturated carbocycles. The minimum atomic E-state index is -4.60. The lowest BCUT2D eigenvalue weighted by molar-refractivity contribution is -0.141. The van der Waals surface area contributed by atoms with E-state index in [-0.39, 0.29) is 17.5 Å².